The number of nitrogens with two attached hydrogens (primary N) is 1. The Morgan fingerprint density at radius 3 is 2.28 bits per heavy atom. The molecule has 9 heteroatoms. The topological polar surface area (TPSA) is 49.6 Å². The zero-order valence-corrected chi connectivity index (χ0v) is 9.68. The largest absolute Gasteiger partial charge is 0.463 e. The van der Waals surface area contributed by atoms with E-state index in [-0.39, 0.29) is 26.2 Å². The maximum Gasteiger partial charge on any atom is 0.463 e. The molecule has 0 aromatic carbocycles. The highest BCUT2D eigenvalue weighted by Crippen LogP contribution is 2.37. The minimum absolute atomic E-state index is 0.163. The standard InChI is InChI=1S/C9H14F5N3O/c1-16-2-3-17(6(4-15)5-16)7(18)8(10,11)9(12,13)14/h6H,2-5,15H2,1H3. The molecule has 1 aliphatic rings. The van der Waals surface area contributed by atoms with Gasteiger partial charge in [-0.05, 0) is 7.05 Å². The number of likely N-dealkylation sites (N-methyl/N-ethyl adjacent to an activating group) is 1. The highest BCUT2D eigenvalue weighted by atomic mass is 19.4. The Morgan fingerprint density at radius 1 is 1.28 bits per heavy atom. The average Bonchev–Trinajstić information content (AvgIpc) is 2.26. The van der Waals surface area contributed by atoms with Gasteiger partial charge in [0.1, 0.15) is 0 Å². The van der Waals surface area contributed by atoms with Crippen LogP contribution in [-0.4, -0.2) is 67.1 Å². The van der Waals surface area contributed by atoms with Gasteiger partial charge in [-0.25, -0.2) is 0 Å². The summed E-state index contributed by atoms with van der Waals surface area (Å²) in [5.74, 6) is -7.59. The normalized spacial score (nSPS) is 23.3. The van der Waals surface area contributed by atoms with E-state index in [1.165, 1.54) is 0 Å². The maximum absolute atomic E-state index is 12.9. The first-order valence-electron chi connectivity index (χ1n) is 5.25. The lowest BCUT2D eigenvalue weighted by Gasteiger charge is -2.40. The molecule has 2 N–H and O–H groups in total. The van der Waals surface area contributed by atoms with Crippen molar-refractivity contribution in [1.29, 1.82) is 0 Å². The molecule has 1 aliphatic heterocycles. The number of hydrogen-bond acceptors (Lipinski definition) is 3. The second-order valence-corrected chi connectivity index (χ2v) is 4.22. The highest BCUT2D eigenvalue weighted by Gasteiger charge is 2.65. The smallest absolute Gasteiger partial charge is 0.330 e. The number of carbonyl (C=O) groups is 1. The summed E-state index contributed by atoms with van der Waals surface area (Å²) in [5, 5.41) is 0. The van der Waals surface area contributed by atoms with Gasteiger partial charge in [0.2, 0.25) is 0 Å². The fourth-order valence-electron chi connectivity index (χ4n) is 1.78. The summed E-state index contributed by atoms with van der Waals surface area (Å²) in [6, 6.07) is -0.829. The van der Waals surface area contributed by atoms with Crippen LogP contribution >= 0.6 is 0 Å². The summed E-state index contributed by atoms with van der Waals surface area (Å²) in [5.41, 5.74) is 5.30. The first kappa shape index (κ1) is 15.1. The van der Waals surface area contributed by atoms with Crippen molar-refractivity contribution in [3.63, 3.8) is 0 Å². The van der Waals surface area contributed by atoms with Gasteiger partial charge in [0.05, 0.1) is 6.04 Å². The van der Waals surface area contributed by atoms with E-state index in [1.807, 2.05) is 0 Å². The minimum Gasteiger partial charge on any atom is -0.330 e. The zero-order valence-electron chi connectivity index (χ0n) is 9.68. The Morgan fingerprint density at radius 2 is 1.83 bits per heavy atom. The van der Waals surface area contributed by atoms with Crippen molar-refractivity contribution in [2.75, 3.05) is 33.2 Å². The predicted molar refractivity (Wildman–Crippen MR) is 53.1 cm³/mol. The van der Waals surface area contributed by atoms with Gasteiger partial charge in [-0.3, -0.25) is 4.79 Å². The fraction of sp³-hybridized carbons (Fsp3) is 0.889. The number of nitrogens with zero attached hydrogens (tertiary/aromatic N) is 2. The molecule has 106 valence electrons. The van der Waals surface area contributed by atoms with E-state index < -0.39 is 24.0 Å². The number of rotatable bonds is 2. The summed E-state index contributed by atoms with van der Waals surface area (Å²) in [6.07, 6.45) is -5.88. The first-order valence-corrected chi connectivity index (χ1v) is 5.25. The van der Waals surface area contributed by atoms with Crippen LogP contribution in [0.3, 0.4) is 0 Å². The lowest BCUT2D eigenvalue weighted by atomic mass is 10.1. The monoisotopic (exact) mass is 275 g/mol. The second-order valence-electron chi connectivity index (χ2n) is 4.22. The molecule has 0 bridgehead atoms. The van der Waals surface area contributed by atoms with E-state index in [2.05, 4.69) is 0 Å². The van der Waals surface area contributed by atoms with Crippen LogP contribution in [0.4, 0.5) is 22.0 Å². The molecule has 0 saturated carbocycles. The SMILES string of the molecule is CN1CCN(C(=O)C(F)(F)C(F)(F)F)C(CN)C1. The molecular weight excluding hydrogens is 261 g/mol. The van der Waals surface area contributed by atoms with E-state index >= 15 is 0 Å². The third kappa shape index (κ3) is 2.72. The van der Waals surface area contributed by atoms with E-state index in [1.54, 1.807) is 11.9 Å². The Bertz CT molecular complexity index is 320. The average molecular weight is 275 g/mol. The molecule has 1 unspecified atom stereocenters. The van der Waals surface area contributed by atoms with Crippen LogP contribution in [0.1, 0.15) is 0 Å². The van der Waals surface area contributed by atoms with Crippen LogP contribution in [0.2, 0.25) is 0 Å². The third-order valence-electron chi connectivity index (χ3n) is 2.84. The van der Waals surface area contributed by atoms with Gasteiger partial charge in [0.15, 0.2) is 0 Å². The molecular formula is C9H14F5N3O. The molecule has 1 atom stereocenters. The van der Waals surface area contributed by atoms with Crippen molar-refractivity contribution in [2.24, 2.45) is 5.73 Å². The summed E-state index contributed by atoms with van der Waals surface area (Å²) in [7, 11) is 1.67. The Kier molecular flexibility index (Phi) is 4.16. The van der Waals surface area contributed by atoms with Gasteiger partial charge in [-0.1, -0.05) is 0 Å². The first-order chi connectivity index (χ1) is 8.11. The van der Waals surface area contributed by atoms with Crippen LogP contribution in [0.15, 0.2) is 0 Å². The molecule has 0 aliphatic carbocycles. The lowest BCUT2D eigenvalue weighted by molar-refractivity contribution is -0.275. The molecule has 18 heavy (non-hydrogen) atoms. The van der Waals surface area contributed by atoms with Gasteiger partial charge < -0.3 is 15.5 Å². The number of halogens is 5. The number of amides is 1. The summed E-state index contributed by atoms with van der Waals surface area (Å²) in [6.45, 7) is 0.0548. The van der Waals surface area contributed by atoms with Crippen LogP contribution < -0.4 is 5.73 Å². The quantitative estimate of drug-likeness (QED) is 0.737. The molecule has 0 aromatic heterocycles. The van der Waals surface area contributed by atoms with Gasteiger partial charge in [0, 0.05) is 26.2 Å². The summed E-state index contributed by atoms with van der Waals surface area (Å²) >= 11 is 0. The summed E-state index contributed by atoms with van der Waals surface area (Å²) in [4.78, 5) is 13.6. The second kappa shape index (κ2) is 4.96. The Hall–Kier alpha value is -0.960. The number of hydrogen-bond donors (Lipinski definition) is 1. The van der Waals surface area contributed by atoms with Crippen molar-refractivity contribution < 1.29 is 26.7 Å². The third-order valence-corrected chi connectivity index (χ3v) is 2.84. The summed E-state index contributed by atoms with van der Waals surface area (Å²) < 4.78 is 62.2. The Balaban J connectivity index is 2.89. The van der Waals surface area contributed by atoms with Gasteiger partial charge in [-0.2, -0.15) is 22.0 Å². The van der Waals surface area contributed by atoms with Gasteiger partial charge in [0.25, 0.3) is 0 Å². The maximum atomic E-state index is 12.9. The van der Waals surface area contributed by atoms with Gasteiger partial charge >= 0.3 is 18.0 Å². The molecule has 0 spiro atoms. The molecule has 0 aromatic rings. The van der Waals surface area contributed by atoms with Crippen molar-refractivity contribution in [1.82, 2.24) is 9.80 Å². The molecule has 0 radical (unpaired) electrons. The number of alkyl halides is 5. The van der Waals surface area contributed by atoms with Crippen LogP contribution in [0.5, 0.6) is 0 Å². The van der Waals surface area contributed by atoms with Crippen LogP contribution in [-0.2, 0) is 4.79 Å². The lowest BCUT2D eigenvalue weighted by Crippen LogP contribution is -2.62. The molecule has 1 rings (SSSR count). The fourth-order valence-corrected chi connectivity index (χ4v) is 1.78. The van der Waals surface area contributed by atoms with Crippen molar-refractivity contribution in [3.05, 3.63) is 0 Å². The number of carbonyl (C=O) groups excluding carboxylic acids is 1. The number of piperazine rings is 1. The van der Waals surface area contributed by atoms with E-state index in [9.17, 15) is 26.7 Å². The van der Waals surface area contributed by atoms with Crippen molar-refractivity contribution in [3.8, 4) is 0 Å². The molecule has 1 fully saturated rings. The van der Waals surface area contributed by atoms with Crippen molar-refractivity contribution in [2.45, 2.75) is 18.1 Å². The van der Waals surface area contributed by atoms with E-state index in [0.717, 1.165) is 0 Å². The molecule has 1 heterocycles. The van der Waals surface area contributed by atoms with Crippen LogP contribution in [0, 0.1) is 0 Å². The zero-order chi connectivity index (χ0) is 14.1. The minimum atomic E-state index is -5.88. The van der Waals surface area contributed by atoms with E-state index in [4.69, 9.17) is 5.73 Å². The molecule has 1 saturated heterocycles. The predicted octanol–water partition coefficient (Wildman–Crippen LogP) is 0.285. The highest BCUT2D eigenvalue weighted by molar-refractivity contribution is 5.84. The van der Waals surface area contributed by atoms with E-state index in [0.29, 0.717) is 4.90 Å². The molecule has 4 nitrogen and oxygen atoms in total. The van der Waals surface area contributed by atoms with Gasteiger partial charge in [-0.15, -0.1) is 0 Å². The van der Waals surface area contributed by atoms with Crippen LogP contribution in [0.25, 0.3) is 0 Å². The molecule has 1 amide bonds. The Labute approximate surface area is 101 Å². The van der Waals surface area contributed by atoms with Crippen molar-refractivity contribution >= 4 is 5.91 Å².